The molecular weight excluding hydrogens is 247 g/mol. The molecule has 0 aliphatic carbocycles. The van der Waals surface area contributed by atoms with Crippen molar-refractivity contribution in [1.82, 2.24) is 5.32 Å². The van der Waals surface area contributed by atoms with E-state index in [0.29, 0.717) is 18.8 Å². The molecule has 1 saturated heterocycles. The Morgan fingerprint density at radius 3 is 2.74 bits per heavy atom. The Bertz CT molecular complexity index is 473. The molecule has 0 bridgehead atoms. The standard InChI is InChI=1S/C14H17FN2O2/c1-2-7-16-14(19)10-8-13(18)17(9-10)12-5-3-11(15)4-6-12/h3-6,10H,2,7-9H2,1H3,(H,16,19)/t10-/m1/s1. The number of nitrogens with zero attached hydrogens (tertiary/aromatic N) is 1. The number of amides is 2. The van der Waals surface area contributed by atoms with E-state index in [2.05, 4.69) is 5.32 Å². The zero-order valence-electron chi connectivity index (χ0n) is 10.9. The van der Waals surface area contributed by atoms with Gasteiger partial charge in [0.05, 0.1) is 5.92 Å². The average molecular weight is 264 g/mol. The first kappa shape index (κ1) is 13.5. The molecule has 2 amide bonds. The second-order valence-corrected chi connectivity index (χ2v) is 4.67. The van der Waals surface area contributed by atoms with Crippen molar-refractivity contribution in [3.63, 3.8) is 0 Å². The molecule has 5 heteroatoms. The fraction of sp³-hybridized carbons (Fsp3) is 0.429. The summed E-state index contributed by atoms with van der Waals surface area (Å²) in [4.78, 5) is 25.3. The first-order valence-corrected chi connectivity index (χ1v) is 6.45. The number of anilines is 1. The van der Waals surface area contributed by atoms with Crippen molar-refractivity contribution in [3.05, 3.63) is 30.1 Å². The lowest BCUT2D eigenvalue weighted by Crippen LogP contribution is -2.33. The highest BCUT2D eigenvalue weighted by atomic mass is 19.1. The Kier molecular flexibility index (Phi) is 4.14. The van der Waals surface area contributed by atoms with Gasteiger partial charge in [0.2, 0.25) is 11.8 Å². The lowest BCUT2D eigenvalue weighted by Gasteiger charge is -2.16. The van der Waals surface area contributed by atoms with Gasteiger partial charge in [-0.25, -0.2) is 4.39 Å². The minimum Gasteiger partial charge on any atom is -0.356 e. The molecule has 2 rings (SSSR count). The van der Waals surface area contributed by atoms with Crippen LogP contribution in [0, 0.1) is 11.7 Å². The van der Waals surface area contributed by atoms with Gasteiger partial charge in [-0.15, -0.1) is 0 Å². The third kappa shape index (κ3) is 3.10. The molecule has 1 aliphatic heterocycles. The van der Waals surface area contributed by atoms with E-state index in [1.165, 1.54) is 17.0 Å². The van der Waals surface area contributed by atoms with Crippen LogP contribution in [0.3, 0.4) is 0 Å². The van der Waals surface area contributed by atoms with Crippen LogP contribution < -0.4 is 10.2 Å². The van der Waals surface area contributed by atoms with Crippen molar-refractivity contribution < 1.29 is 14.0 Å². The van der Waals surface area contributed by atoms with Crippen LogP contribution in [-0.2, 0) is 9.59 Å². The molecule has 0 aromatic heterocycles. The summed E-state index contributed by atoms with van der Waals surface area (Å²) in [5.74, 6) is -0.834. The number of carbonyl (C=O) groups is 2. The topological polar surface area (TPSA) is 49.4 Å². The molecule has 4 nitrogen and oxygen atoms in total. The molecule has 19 heavy (non-hydrogen) atoms. The van der Waals surface area contributed by atoms with Crippen molar-refractivity contribution in [2.45, 2.75) is 19.8 Å². The summed E-state index contributed by atoms with van der Waals surface area (Å²) in [7, 11) is 0. The molecule has 1 fully saturated rings. The molecule has 0 unspecified atom stereocenters. The second kappa shape index (κ2) is 5.82. The first-order chi connectivity index (χ1) is 9.11. The van der Waals surface area contributed by atoms with E-state index >= 15 is 0 Å². The number of nitrogens with one attached hydrogen (secondary N) is 1. The first-order valence-electron chi connectivity index (χ1n) is 6.45. The smallest absolute Gasteiger partial charge is 0.227 e. The Labute approximate surface area is 111 Å². The maximum Gasteiger partial charge on any atom is 0.227 e. The van der Waals surface area contributed by atoms with Gasteiger partial charge < -0.3 is 10.2 Å². The number of benzene rings is 1. The van der Waals surface area contributed by atoms with Crippen molar-refractivity contribution in [2.75, 3.05) is 18.0 Å². The van der Waals surface area contributed by atoms with Crippen LogP contribution in [0.4, 0.5) is 10.1 Å². The van der Waals surface area contributed by atoms with Gasteiger partial charge in [-0.05, 0) is 30.7 Å². The van der Waals surface area contributed by atoms with Crippen LogP contribution in [0.2, 0.25) is 0 Å². The van der Waals surface area contributed by atoms with Crippen LogP contribution in [0.15, 0.2) is 24.3 Å². The largest absolute Gasteiger partial charge is 0.356 e. The van der Waals surface area contributed by atoms with Crippen molar-refractivity contribution in [2.24, 2.45) is 5.92 Å². The summed E-state index contributed by atoms with van der Waals surface area (Å²) >= 11 is 0. The average Bonchev–Trinajstić information content (AvgIpc) is 2.79. The van der Waals surface area contributed by atoms with E-state index in [1.54, 1.807) is 12.1 Å². The molecule has 1 heterocycles. The van der Waals surface area contributed by atoms with Crippen LogP contribution >= 0.6 is 0 Å². The summed E-state index contributed by atoms with van der Waals surface area (Å²) in [6.07, 6.45) is 1.08. The zero-order valence-corrected chi connectivity index (χ0v) is 10.9. The van der Waals surface area contributed by atoms with Crippen molar-refractivity contribution >= 4 is 17.5 Å². The minimum absolute atomic E-state index is 0.0835. The van der Waals surface area contributed by atoms with E-state index in [1.807, 2.05) is 6.92 Å². The Hall–Kier alpha value is -1.91. The maximum atomic E-state index is 12.8. The molecular formula is C14H17FN2O2. The number of halogens is 1. The van der Waals surface area contributed by atoms with Crippen LogP contribution in [0.1, 0.15) is 19.8 Å². The Morgan fingerprint density at radius 2 is 2.11 bits per heavy atom. The summed E-state index contributed by atoms with van der Waals surface area (Å²) in [6, 6.07) is 5.74. The van der Waals surface area contributed by atoms with Gasteiger partial charge >= 0.3 is 0 Å². The van der Waals surface area contributed by atoms with Gasteiger partial charge in [-0.2, -0.15) is 0 Å². The third-order valence-corrected chi connectivity index (χ3v) is 3.18. The summed E-state index contributed by atoms with van der Waals surface area (Å²) in [5.41, 5.74) is 0.636. The van der Waals surface area contributed by atoms with Gasteiger partial charge in [-0.1, -0.05) is 6.92 Å². The van der Waals surface area contributed by atoms with Gasteiger partial charge in [0, 0.05) is 25.2 Å². The molecule has 0 radical (unpaired) electrons. The van der Waals surface area contributed by atoms with Gasteiger partial charge in [-0.3, -0.25) is 9.59 Å². The fourth-order valence-corrected chi connectivity index (χ4v) is 2.15. The SMILES string of the molecule is CCCNC(=O)[C@@H]1CC(=O)N(c2ccc(F)cc2)C1. The number of rotatable bonds is 4. The van der Waals surface area contributed by atoms with E-state index in [9.17, 15) is 14.0 Å². The lowest BCUT2D eigenvalue weighted by atomic mass is 10.1. The van der Waals surface area contributed by atoms with Crippen molar-refractivity contribution in [1.29, 1.82) is 0 Å². The third-order valence-electron chi connectivity index (χ3n) is 3.18. The number of hydrogen-bond acceptors (Lipinski definition) is 2. The molecule has 1 aromatic rings. The highest BCUT2D eigenvalue weighted by molar-refractivity contribution is 6.00. The number of carbonyl (C=O) groups excluding carboxylic acids is 2. The van der Waals surface area contributed by atoms with E-state index in [4.69, 9.17) is 0 Å². The quantitative estimate of drug-likeness (QED) is 0.900. The molecule has 102 valence electrons. The maximum absolute atomic E-state index is 12.8. The van der Waals surface area contributed by atoms with E-state index in [0.717, 1.165) is 6.42 Å². The zero-order chi connectivity index (χ0) is 13.8. The predicted octanol–water partition coefficient (Wildman–Crippen LogP) is 1.70. The summed E-state index contributed by atoms with van der Waals surface area (Å²) < 4.78 is 12.8. The highest BCUT2D eigenvalue weighted by Gasteiger charge is 2.34. The van der Waals surface area contributed by atoms with Gasteiger partial charge in [0.15, 0.2) is 0 Å². The molecule has 1 N–H and O–H groups in total. The Balaban J connectivity index is 2.03. The summed E-state index contributed by atoms with van der Waals surface area (Å²) in [5, 5.41) is 2.80. The second-order valence-electron chi connectivity index (χ2n) is 4.67. The van der Waals surface area contributed by atoms with Gasteiger partial charge in [0.25, 0.3) is 0 Å². The molecule has 0 saturated carbocycles. The van der Waals surface area contributed by atoms with E-state index in [-0.39, 0.29) is 30.0 Å². The fourth-order valence-electron chi connectivity index (χ4n) is 2.15. The molecule has 1 atom stereocenters. The lowest BCUT2D eigenvalue weighted by molar-refractivity contribution is -0.126. The van der Waals surface area contributed by atoms with E-state index < -0.39 is 0 Å². The van der Waals surface area contributed by atoms with Gasteiger partial charge in [0.1, 0.15) is 5.82 Å². The van der Waals surface area contributed by atoms with Crippen LogP contribution in [-0.4, -0.2) is 24.9 Å². The monoisotopic (exact) mass is 264 g/mol. The molecule has 1 aromatic carbocycles. The number of hydrogen-bond donors (Lipinski definition) is 1. The normalized spacial score (nSPS) is 18.7. The highest BCUT2D eigenvalue weighted by Crippen LogP contribution is 2.25. The summed E-state index contributed by atoms with van der Waals surface area (Å²) in [6.45, 7) is 2.96. The predicted molar refractivity (Wildman–Crippen MR) is 70.2 cm³/mol. The molecule has 1 aliphatic rings. The van der Waals surface area contributed by atoms with Crippen LogP contribution in [0.25, 0.3) is 0 Å². The van der Waals surface area contributed by atoms with Crippen LogP contribution in [0.5, 0.6) is 0 Å². The Morgan fingerprint density at radius 1 is 1.42 bits per heavy atom. The molecule has 0 spiro atoms. The minimum atomic E-state index is -0.340. The van der Waals surface area contributed by atoms with Crippen molar-refractivity contribution in [3.8, 4) is 0 Å².